The lowest BCUT2D eigenvalue weighted by Gasteiger charge is -2.48. The summed E-state index contributed by atoms with van der Waals surface area (Å²) >= 11 is 6.51. The molecule has 6 rings (SSSR count). The molecule has 3 unspecified atom stereocenters. The number of fused-ring (bicyclic) bond motifs is 7. The van der Waals surface area contributed by atoms with Gasteiger partial charge in [-0.25, -0.2) is 0 Å². The van der Waals surface area contributed by atoms with Crippen molar-refractivity contribution in [2.75, 3.05) is 30.3 Å². The van der Waals surface area contributed by atoms with E-state index in [1.165, 1.54) is 0 Å². The molecular weight excluding hydrogens is 350 g/mol. The number of rotatable bonds is 3. The number of amides is 1. The third-order valence-electron chi connectivity index (χ3n) is 6.98. The summed E-state index contributed by atoms with van der Waals surface area (Å²) in [5, 5.41) is 0.541. The minimum Gasteiger partial charge on any atom is -0.488 e. The van der Waals surface area contributed by atoms with E-state index in [1.807, 2.05) is 11.0 Å². The molecule has 3 atom stereocenters. The first kappa shape index (κ1) is 16.7. The lowest BCUT2D eigenvalue weighted by Crippen LogP contribution is -2.57. The zero-order valence-electron chi connectivity index (χ0n) is 15.0. The fraction of sp³-hybridized carbons (Fsp3) is 0.650. The van der Waals surface area contributed by atoms with Crippen LogP contribution in [0.2, 0.25) is 5.02 Å². The van der Waals surface area contributed by atoms with Crippen molar-refractivity contribution in [2.24, 2.45) is 5.92 Å². The molecule has 5 aliphatic rings. The van der Waals surface area contributed by atoms with E-state index in [-0.39, 0.29) is 12.1 Å². The maximum atomic E-state index is 12.2. The summed E-state index contributed by atoms with van der Waals surface area (Å²) in [6, 6.07) is 2.05. The summed E-state index contributed by atoms with van der Waals surface area (Å²) in [5.74, 6) is 1.77. The summed E-state index contributed by atoms with van der Waals surface area (Å²) in [7, 11) is 0. The van der Waals surface area contributed by atoms with Crippen molar-refractivity contribution in [3.8, 4) is 5.75 Å². The molecule has 4 aliphatic heterocycles. The van der Waals surface area contributed by atoms with Crippen LogP contribution in [-0.4, -0.2) is 43.1 Å². The first-order valence-electron chi connectivity index (χ1n) is 9.90. The lowest BCUT2D eigenvalue weighted by atomic mass is 9.78. The zero-order chi connectivity index (χ0) is 17.8. The number of piperidine rings is 3. The van der Waals surface area contributed by atoms with Gasteiger partial charge in [-0.3, -0.25) is 4.79 Å². The van der Waals surface area contributed by atoms with Crippen molar-refractivity contribution in [1.82, 2.24) is 4.90 Å². The Hall–Kier alpha value is -1.46. The number of nitrogens with zero attached hydrogens (tertiary/aromatic N) is 2. The normalized spacial score (nSPS) is 34.7. The molecule has 140 valence electrons. The highest BCUT2D eigenvalue weighted by molar-refractivity contribution is 6.33. The monoisotopic (exact) mass is 375 g/mol. The largest absolute Gasteiger partial charge is 0.488 e. The van der Waals surface area contributed by atoms with Crippen LogP contribution in [0.1, 0.15) is 50.0 Å². The molecule has 0 radical (unpaired) electrons. The fourth-order valence-corrected chi connectivity index (χ4v) is 5.82. The number of nitrogen functional groups attached to an aromatic ring is 1. The van der Waals surface area contributed by atoms with Crippen molar-refractivity contribution >= 4 is 29.4 Å². The van der Waals surface area contributed by atoms with Crippen LogP contribution in [0.15, 0.2) is 6.07 Å². The second kappa shape index (κ2) is 6.31. The minimum atomic E-state index is 0.198. The number of nitrogens with two attached hydrogens (primary N) is 1. The van der Waals surface area contributed by atoms with Crippen molar-refractivity contribution in [2.45, 2.75) is 56.6 Å². The molecule has 0 aromatic heterocycles. The predicted molar refractivity (Wildman–Crippen MR) is 103 cm³/mol. The number of benzene rings is 1. The second-order valence-corrected chi connectivity index (χ2v) is 8.76. The number of carbonyl (C=O) groups is 1. The molecule has 1 aromatic carbocycles. The Bertz CT molecular complexity index is 732. The molecule has 0 spiro atoms. The van der Waals surface area contributed by atoms with Gasteiger partial charge in [0.05, 0.1) is 28.5 Å². The number of ether oxygens (including phenoxy) is 1. The zero-order valence-corrected chi connectivity index (χ0v) is 15.8. The summed E-state index contributed by atoms with van der Waals surface area (Å²) < 4.78 is 6.37. The van der Waals surface area contributed by atoms with Crippen molar-refractivity contribution < 1.29 is 9.53 Å². The molecule has 4 fully saturated rings. The first-order valence-corrected chi connectivity index (χ1v) is 10.3. The van der Waals surface area contributed by atoms with Gasteiger partial charge in [-0.15, -0.1) is 0 Å². The van der Waals surface area contributed by atoms with Crippen LogP contribution >= 0.6 is 11.6 Å². The van der Waals surface area contributed by atoms with Gasteiger partial charge >= 0.3 is 0 Å². The molecule has 6 heteroatoms. The van der Waals surface area contributed by atoms with E-state index in [4.69, 9.17) is 22.1 Å². The number of halogens is 1. The molecule has 1 saturated carbocycles. The highest BCUT2D eigenvalue weighted by atomic mass is 35.5. The number of hydrogen-bond acceptors (Lipinski definition) is 4. The average molecular weight is 376 g/mol. The summed E-state index contributed by atoms with van der Waals surface area (Å²) in [5.41, 5.74) is 8.86. The molecule has 1 aliphatic carbocycles. The quantitative estimate of drug-likeness (QED) is 0.649. The van der Waals surface area contributed by atoms with E-state index in [9.17, 15) is 4.79 Å². The van der Waals surface area contributed by atoms with Crippen molar-refractivity contribution in [3.63, 3.8) is 0 Å². The van der Waals surface area contributed by atoms with E-state index < -0.39 is 0 Å². The van der Waals surface area contributed by atoms with Crippen LogP contribution in [0.4, 0.5) is 11.4 Å². The molecule has 1 aromatic rings. The average Bonchev–Trinajstić information content (AvgIpc) is 2.67. The van der Waals surface area contributed by atoms with E-state index in [2.05, 4.69) is 4.90 Å². The van der Waals surface area contributed by atoms with Crippen LogP contribution in [-0.2, 0) is 4.79 Å². The van der Waals surface area contributed by atoms with Crippen LogP contribution in [0.5, 0.6) is 5.75 Å². The predicted octanol–water partition coefficient (Wildman–Crippen LogP) is 3.40. The van der Waals surface area contributed by atoms with E-state index in [0.717, 1.165) is 81.6 Å². The van der Waals surface area contributed by atoms with Gasteiger partial charge in [0.2, 0.25) is 6.41 Å². The Morgan fingerprint density at radius 1 is 1.27 bits per heavy atom. The topological polar surface area (TPSA) is 58.8 Å². The number of anilines is 2. The Morgan fingerprint density at radius 3 is 2.77 bits per heavy atom. The summed E-state index contributed by atoms with van der Waals surface area (Å²) in [6.45, 7) is 3.23. The molecule has 4 heterocycles. The van der Waals surface area contributed by atoms with Gasteiger partial charge in [-0.2, -0.15) is 0 Å². The van der Waals surface area contributed by atoms with Gasteiger partial charge in [0, 0.05) is 12.1 Å². The van der Waals surface area contributed by atoms with E-state index >= 15 is 0 Å². The Labute approximate surface area is 159 Å². The summed E-state index contributed by atoms with van der Waals surface area (Å²) in [4.78, 5) is 16.5. The Morgan fingerprint density at radius 2 is 2.08 bits per heavy atom. The van der Waals surface area contributed by atoms with Gasteiger partial charge in [-0.05, 0) is 69.5 Å². The van der Waals surface area contributed by atoms with Gasteiger partial charge < -0.3 is 20.3 Å². The highest BCUT2D eigenvalue weighted by Crippen LogP contribution is 2.53. The molecule has 26 heavy (non-hydrogen) atoms. The highest BCUT2D eigenvalue weighted by Gasteiger charge is 2.41. The fourth-order valence-electron chi connectivity index (χ4n) is 5.62. The third kappa shape index (κ3) is 2.51. The molecule has 2 N–H and O–H groups in total. The lowest BCUT2D eigenvalue weighted by molar-refractivity contribution is -0.108. The van der Waals surface area contributed by atoms with Gasteiger partial charge in [0.25, 0.3) is 0 Å². The molecular formula is C20H26ClN3O2. The van der Waals surface area contributed by atoms with Crippen molar-refractivity contribution in [1.29, 1.82) is 0 Å². The standard InChI is InChI=1S/C20H26ClN3O2/c21-15-9-16(24(11-25)17-10-23-6-4-12(17)5-7-23)20-18(19(15)22)13-2-1-3-14(8-13)26-20/h9,11-14,17H,1-8,10,22H2. The maximum absolute atomic E-state index is 12.2. The van der Waals surface area contributed by atoms with E-state index in [0.29, 0.717) is 22.5 Å². The maximum Gasteiger partial charge on any atom is 0.214 e. The van der Waals surface area contributed by atoms with Crippen LogP contribution < -0.4 is 15.4 Å². The SMILES string of the molecule is Nc1c(Cl)cc(N(C=O)C2CN3CCC2CC3)c2c1C1CCCC(C1)O2. The molecule has 1 amide bonds. The molecule has 4 bridgehead atoms. The van der Waals surface area contributed by atoms with Gasteiger partial charge in [0.1, 0.15) is 5.75 Å². The minimum absolute atomic E-state index is 0.198. The Balaban J connectivity index is 1.60. The van der Waals surface area contributed by atoms with Gasteiger partial charge in [0.15, 0.2) is 0 Å². The molecule has 5 nitrogen and oxygen atoms in total. The Kier molecular flexibility index (Phi) is 4.05. The number of carbonyl (C=O) groups excluding carboxylic acids is 1. The van der Waals surface area contributed by atoms with Crippen molar-refractivity contribution in [3.05, 3.63) is 16.7 Å². The van der Waals surface area contributed by atoms with Gasteiger partial charge in [-0.1, -0.05) is 11.6 Å². The van der Waals surface area contributed by atoms with Crippen LogP contribution in [0.3, 0.4) is 0 Å². The smallest absolute Gasteiger partial charge is 0.214 e. The summed E-state index contributed by atoms with van der Waals surface area (Å²) in [6.07, 6.45) is 7.91. The first-order chi connectivity index (χ1) is 12.7. The van der Waals surface area contributed by atoms with E-state index in [1.54, 1.807) is 0 Å². The van der Waals surface area contributed by atoms with Crippen LogP contribution in [0.25, 0.3) is 0 Å². The second-order valence-electron chi connectivity index (χ2n) is 8.36. The number of hydrogen-bond donors (Lipinski definition) is 1. The third-order valence-corrected chi connectivity index (χ3v) is 7.29. The van der Waals surface area contributed by atoms with Crippen LogP contribution in [0, 0.1) is 5.92 Å². The molecule has 3 saturated heterocycles.